The van der Waals surface area contributed by atoms with Crippen LogP contribution in [0.15, 0.2) is 0 Å². The van der Waals surface area contributed by atoms with Crippen molar-refractivity contribution >= 4 is 11.9 Å². The van der Waals surface area contributed by atoms with E-state index >= 15 is 0 Å². The summed E-state index contributed by atoms with van der Waals surface area (Å²) >= 11 is 0. The molecule has 2 heterocycles. The van der Waals surface area contributed by atoms with Crippen LogP contribution in [0.2, 0.25) is 0 Å². The van der Waals surface area contributed by atoms with E-state index in [1.165, 1.54) is 0 Å². The molecule has 0 bridgehead atoms. The van der Waals surface area contributed by atoms with Gasteiger partial charge in [0.05, 0.1) is 0 Å². The van der Waals surface area contributed by atoms with Gasteiger partial charge in [0.2, 0.25) is 11.2 Å². The molecule has 3 rings (SSSR count). The molecular weight excluding hydrogens is 160 g/mol. The van der Waals surface area contributed by atoms with Crippen molar-refractivity contribution in [3.05, 3.63) is 0 Å². The van der Waals surface area contributed by atoms with Crippen molar-refractivity contribution in [3.8, 4) is 0 Å². The normalized spacial score (nSPS) is 49.7. The van der Waals surface area contributed by atoms with Gasteiger partial charge in [0, 0.05) is 0 Å². The fourth-order valence-electron chi connectivity index (χ4n) is 2.39. The highest BCUT2D eigenvalue weighted by molar-refractivity contribution is 6.10. The summed E-state index contributed by atoms with van der Waals surface area (Å²) in [7, 11) is 0. The van der Waals surface area contributed by atoms with Crippen molar-refractivity contribution in [3.63, 3.8) is 0 Å². The monoisotopic (exact) mass is 168 g/mol. The molecular formula is C8H8O4. The number of esters is 2. The Balaban J connectivity index is 2.09. The molecule has 0 aromatic carbocycles. The van der Waals surface area contributed by atoms with Crippen LogP contribution in [0, 0.1) is 0 Å². The van der Waals surface area contributed by atoms with Crippen LogP contribution in [-0.2, 0) is 19.1 Å². The molecule has 3 aliphatic rings. The first-order valence-corrected chi connectivity index (χ1v) is 4.18. The fraction of sp³-hybridized carbons (Fsp3) is 0.750. The predicted octanol–water partition coefficient (Wildman–Crippen LogP) is 0.152. The zero-order valence-corrected chi connectivity index (χ0v) is 6.46. The van der Waals surface area contributed by atoms with Crippen molar-refractivity contribution in [2.24, 2.45) is 0 Å². The Morgan fingerprint density at radius 2 is 1.50 bits per heavy atom. The maximum absolute atomic E-state index is 11.2. The van der Waals surface area contributed by atoms with Crippen molar-refractivity contribution < 1.29 is 19.1 Å². The number of carbonyl (C=O) groups is 2. The molecule has 0 spiro atoms. The molecule has 64 valence electrons. The first-order valence-electron chi connectivity index (χ1n) is 4.18. The summed E-state index contributed by atoms with van der Waals surface area (Å²) in [6, 6.07) is 0. The standard InChI is InChI=1S/C8H8O4/c9-5-7-3-1-2-4-8(7,12-7)6(10)11-5/h1-4H2/t7-,8+. The number of epoxide rings is 1. The van der Waals surface area contributed by atoms with Gasteiger partial charge in [-0.25, -0.2) is 9.59 Å². The van der Waals surface area contributed by atoms with E-state index in [-0.39, 0.29) is 0 Å². The van der Waals surface area contributed by atoms with Crippen molar-refractivity contribution in [2.45, 2.75) is 36.9 Å². The van der Waals surface area contributed by atoms with E-state index in [4.69, 9.17) is 4.74 Å². The third-order valence-corrected chi connectivity index (χ3v) is 3.11. The van der Waals surface area contributed by atoms with Gasteiger partial charge in [0.25, 0.3) is 0 Å². The Bertz CT molecular complexity index is 269. The molecule has 0 radical (unpaired) electrons. The molecule has 1 aliphatic carbocycles. The maximum Gasteiger partial charge on any atom is 0.349 e. The van der Waals surface area contributed by atoms with Gasteiger partial charge in [-0.3, -0.25) is 0 Å². The largest absolute Gasteiger partial charge is 0.389 e. The van der Waals surface area contributed by atoms with Gasteiger partial charge in [-0.1, -0.05) is 0 Å². The van der Waals surface area contributed by atoms with Crippen molar-refractivity contribution in [1.82, 2.24) is 0 Å². The van der Waals surface area contributed by atoms with Crippen LogP contribution in [0.5, 0.6) is 0 Å². The fourth-order valence-corrected chi connectivity index (χ4v) is 2.39. The lowest BCUT2D eigenvalue weighted by atomic mass is 9.81. The van der Waals surface area contributed by atoms with E-state index in [0.29, 0.717) is 12.8 Å². The van der Waals surface area contributed by atoms with Gasteiger partial charge >= 0.3 is 11.9 Å². The second-order valence-electron chi connectivity index (χ2n) is 3.64. The van der Waals surface area contributed by atoms with Crippen molar-refractivity contribution in [2.75, 3.05) is 0 Å². The van der Waals surface area contributed by atoms with E-state index in [2.05, 4.69) is 4.74 Å². The Morgan fingerprint density at radius 3 is 2.00 bits per heavy atom. The minimum absolute atomic E-state index is 0.466. The highest BCUT2D eigenvalue weighted by Gasteiger charge is 2.85. The van der Waals surface area contributed by atoms with Crippen LogP contribution in [0.1, 0.15) is 25.7 Å². The second-order valence-corrected chi connectivity index (χ2v) is 3.64. The van der Waals surface area contributed by atoms with Crippen LogP contribution in [0.3, 0.4) is 0 Å². The first kappa shape index (κ1) is 6.60. The number of rotatable bonds is 0. The second kappa shape index (κ2) is 1.57. The summed E-state index contributed by atoms with van der Waals surface area (Å²) in [5.74, 6) is -0.931. The molecule has 2 atom stereocenters. The molecule has 3 fully saturated rings. The van der Waals surface area contributed by atoms with Crippen LogP contribution in [0.25, 0.3) is 0 Å². The topological polar surface area (TPSA) is 55.9 Å². The van der Waals surface area contributed by atoms with Crippen LogP contribution in [0.4, 0.5) is 0 Å². The summed E-state index contributed by atoms with van der Waals surface area (Å²) in [6.45, 7) is 0. The zero-order valence-electron chi connectivity index (χ0n) is 6.46. The molecule has 0 aromatic heterocycles. The average molecular weight is 168 g/mol. The van der Waals surface area contributed by atoms with E-state index < -0.39 is 23.1 Å². The number of cyclic esters (lactones) is 2. The number of hydrogen-bond donors (Lipinski definition) is 0. The smallest absolute Gasteiger partial charge is 0.349 e. The average Bonchev–Trinajstić information content (AvgIpc) is 2.69. The third kappa shape index (κ3) is 0.434. The predicted molar refractivity (Wildman–Crippen MR) is 36.1 cm³/mol. The summed E-state index contributed by atoms with van der Waals surface area (Å²) < 4.78 is 9.84. The van der Waals surface area contributed by atoms with Crippen LogP contribution in [-0.4, -0.2) is 23.1 Å². The van der Waals surface area contributed by atoms with Gasteiger partial charge < -0.3 is 9.47 Å². The lowest BCUT2D eigenvalue weighted by Crippen LogP contribution is -2.32. The summed E-state index contributed by atoms with van der Waals surface area (Å²) in [6.07, 6.45) is 3.20. The lowest BCUT2D eigenvalue weighted by Gasteiger charge is -2.11. The lowest BCUT2D eigenvalue weighted by molar-refractivity contribution is -0.163. The van der Waals surface area contributed by atoms with E-state index in [1.54, 1.807) is 0 Å². The SMILES string of the molecule is O=C1OC(=O)[C@]23CCCC[C@]12O3. The minimum atomic E-state index is -0.845. The van der Waals surface area contributed by atoms with E-state index in [9.17, 15) is 9.59 Å². The number of ether oxygens (including phenoxy) is 2. The molecule has 4 nitrogen and oxygen atoms in total. The Kier molecular flexibility index (Phi) is 0.862. The van der Waals surface area contributed by atoms with Gasteiger partial charge in [0.15, 0.2) is 0 Å². The molecule has 4 heteroatoms. The summed E-state index contributed by atoms with van der Waals surface area (Å²) in [5, 5.41) is 0. The maximum atomic E-state index is 11.2. The van der Waals surface area contributed by atoms with Gasteiger partial charge in [-0.2, -0.15) is 0 Å². The molecule has 12 heavy (non-hydrogen) atoms. The molecule has 0 aromatic rings. The Morgan fingerprint density at radius 1 is 1.00 bits per heavy atom. The first-order chi connectivity index (χ1) is 5.71. The van der Waals surface area contributed by atoms with Gasteiger partial charge in [-0.05, 0) is 25.7 Å². The molecule has 0 N–H and O–H groups in total. The highest BCUT2D eigenvalue weighted by Crippen LogP contribution is 2.62. The van der Waals surface area contributed by atoms with Gasteiger partial charge in [0.1, 0.15) is 0 Å². The van der Waals surface area contributed by atoms with E-state index in [1.807, 2.05) is 0 Å². The molecule has 0 unspecified atom stereocenters. The van der Waals surface area contributed by atoms with E-state index in [0.717, 1.165) is 12.8 Å². The Labute approximate surface area is 68.8 Å². The molecule has 2 saturated heterocycles. The van der Waals surface area contributed by atoms with Gasteiger partial charge in [-0.15, -0.1) is 0 Å². The molecule has 2 aliphatic heterocycles. The number of hydrogen-bond acceptors (Lipinski definition) is 4. The number of carbonyl (C=O) groups excluding carboxylic acids is 2. The highest BCUT2D eigenvalue weighted by atomic mass is 16.7. The quantitative estimate of drug-likeness (QED) is 0.293. The summed E-state index contributed by atoms with van der Waals surface area (Å²) in [5.41, 5.74) is -1.69. The Hall–Kier alpha value is -0.900. The van der Waals surface area contributed by atoms with Crippen LogP contribution >= 0.6 is 0 Å². The van der Waals surface area contributed by atoms with Crippen LogP contribution < -0.4 is 0 Å². The summed E-state index contributed by atoms with van der Waals surface area (Å²) in [4.78, 5) is 22.4. The zero-order chi connectivity index (χ0) is 8.40. The van der Waals surface area contributed by atoms with Crippen molar-refractivity contribution in [1.29, 1.82) is 0 Å². The minimum Gasteiger partial charge on any atom is -0.389 e. The molecule has 0 amide bonds. The third-order valence-electron chi connectivity index (χ3n) is 3.11. The molecule has 1 saturated carbocycles.